The van der Waals surface area contributed by atoms with Gasteiger partial charge in [-0.15, -0.1) is 0 Å². The van der Waals surface area contributed by atoms with E-state index < -0.39 is 10.0 Å². The fourth-order valence-corrected chi connectivity index (χ4v) is 3.86. The summed E-state index contributed by atoms with van der Waals surface area (Å²) in [6.07, 6.45) is 1.77. The molecule has 1 amide bonds. The molecule has 0 atom stereocenters. The average molecular weight is 323 g/mol. The van der Waals surface area contributed by atoms with E-state index in [1.54, 1.807) is 17.0 Å². The molecule has 7 heteroatoms. The summed E-state index contributed by atoms with van der Waals surface area (Å²) in [7, 11) is -3.53. The van der Waals surface area contributed by atoms with Gasteiger partial charge in [0.2, 0.25) is 10.0 Å². The average Bonchev–Trinajstić information content (AvgIpc) is 3.31. The predicted octanol–water partition coefficient (Wildman–Crippen LogP) is 0.481. The van der Waals surface area contributed by atoms with Crippen LogP contribution >= 0.6 is 0 Å². The van der Waals surface area contributed by atoms with E-state index >= 15 is 0 Å². The van der Waals surface area contributed by atoms with Crippen molar-refractivity contribution >= 4 is 15.9 Å². The van der Waals surface area contributed by atoms with Gasteiger partial charge < -0.3 is 10.2 Å². The molecule has 3 rings (SSSR count). The number of sulfonamides is 1. The Morgan fingerprint density at radius 2 is 1.95 bits per heavy atom. The van der Waals surface area contributed by atoms with Crippen molar-refractivity contribution in [2.24, 2.45) is 0 Å². The first kappa shape index (κ1) is 15.5. The summed E-state index contributed by atoms with van der Waals surface area (Å²) in [5.41, 5.74) is 1.27. The van der Waals surface area contributed by atoms with Crippen LogP contribution in [0, 0.1) is 6.92 Å². The van der Waals surface area contributed by atoms with Crippen LogP contribution in [0.25, 0.3) is 0 Å². The van der Waals surface area contributed by atoms with Crippen molar-refractivity contribution in [1.29, 1.82) is 0 Å². The number of carbonyl (C=O) groups excluding carboxylic acids is 1. The van der Waals surface area contributed by atoms with Crippen LogP contribution in [-0.4, -0.2) is 51.4 Å². The molecule has 0 unspecified atom stereocenters. The molecule has 1 aromatic rings. The van der Waals surface area contributed by atoms with E-state index in [2.05, 4.69) is 10.0 Å². The molecule has 2 aliphatic rings. The van der Waals surface area contributed by atoms with E-state index in [0.29, 0.717) is 18.7 Å². The number of amides is 1. The SMILES string of the molecule is Cc1ccc(S(=O)(=O)NC2CC2)cc1C(=O)N1CCNCC1. The number of benzene rings is 1. The lowest BCUT2D eigenvalue weighted by Gasteiger charge is -2.28. The fraction of sp³-hybridized carbons (Fsp3) is 0.533. The summed E-state index contributed by atoms with van der Waals surface area (Å²) in [5.74, 6) is -0.0949. The molecule has 1 saturated carbocycles. The minimum absolute atomic E-state index is 0.0543. The molecule has 1 saturated heterocycles. The maximum absolute atomic E-state index is 12.6. The zero-order chi connectivity index (χ0) is 15.7. The van der Waals surface area contributed by atoms with Crippen molar-refractivity contribution in [1.82, 2.24) is 14.9 Å². The van der Waals surface area contributed by atoms with Gasteiger partial charge in [-0.25, -0.2) is 13.1 Å². The minimum atomic E-state index is -3.53. The Labute approximate surface area is 130 Å². The molecular formula is C15H21N3O3S. The first-order valence-corrected chi connectivity index (χ1v) is 9.09. The number of aryl methyl sites for hydroxylation is 1. The molecule has 0 spiro atoms. The zero-order valence-corrected chi connectivity index (χ0v) is 13.4. The lowest BCUT2D eigenvalue weighted by Crippen LogP contribution is -2.46. The third kappa shape index (κ3) is 3.31. The number of carbonyl (C=O) groups is 1. The van der Waals surface area contributed by atoms with Crippen LogP contribution in [0.4, 0.5) is 0 Å². The van der Waals surface area contributed by atoms with E-state index in [4.69, 9.17) is 0 Å². The summed E-state index contributed by atoms with van der Waals surface area (Å²) < 4.78 is 27.2. The second-order valence-electron chi connectivity index (χ2n) is 5.91. The van der Waals surface area contributed by atoms with Crippen LogP contribution in [0.15, 0.2) is 23.1 Å². The Morgan fingerprint density at radius 1 is 1.27 bits per heavy atom. The van der Waals surface area contributed by atoms with E-state index in [9.17, 15) is 13.2 Å². The third-order valence-corrected chi connectivity index (χ3v) is 5.57. The molecule has 1 aliphatic heterocycles. The van der Waals surface area contributed by atoms with Crippen molar-refractivity contribution < 1.29 is 13.2 Å². The molecule has 1 heterocycles. The molecule has 2 fully saturated rings. The molecule has 22 heavy (non-hydrogen) atoms. The van der Waals surface area contributed by atoms with E-state index in [0.717, 1.165) is 31.5 Å². The molecule has 120 valence electrons. The summed E-state index contributed by atoms with van der Waals surface area (Å²) in [4.78, 5) is 14.6. The summed E-state index contributed by atoms with van der Waals surface area (Å²) in [6, 6.07) is 4.83. The number of nitrogens with one attached hydrogen (secondary N) is 2. The van der Waals surface area contributed by atoms with Gasteiger partial charge >= 0.3 is 0 Å². The standard InChI is InChI=1S/C15H21N3O3S/c1-11-2-5-13(22(20,21)17-12-3-4-12)10-14(11)15(19)18-8-6-16-7-9-18/h2,5,10,12,16-17H,3-4,6-9H2,1H3. The smallest absolute Gasteiger partial charge is 0.254 e. The van der Waals surface area contributed by atoms with Crippen LogP contribution < -0.4 is 10.0 Å². The molecule has 2 N–H and O–H groups in total. The summed E-state index contributed by atoms with van der Waals surface area (Å²) >= 11 is 0. The van der Waals surface area contributed by atoms with E-state index in [-0.39, 0.29) is 16.8 Å². The first-order valence-electron chi connectivity index (χ1n) is 7.60. The normalized spacial score (nSPS) is 19.2. The highest BCUT2D eigenvalue weighted by atomic mass is 32.2. The molecule has 0 bridgehead atoms. The summed E-state index contributed by atoms with van der Waals surface area (Å²) in [6.45, 7) is 4.67. The quantitative estimate of drug-likeness (QED) is 0.845. The topological polar surface area (TPSA) is 78.5 Å². The lowest BCUT2D eigenvalue weighted by molar-refractivity contribution is 0.0735. The van der Waals surface area contributed by atoms with Crippen molar-refractivity contribution in [3.63, 3.8) is 0 Å². The van der Waals surface area contributed by atoms with Crippen molar-refractivity contribution in [3.05, 3.63) is 29.3 Å². The molecule has 0 radical (unpaired) electrons. The maximum Gasteiger partial charge on any atom is 0.254 e. The highest BCUT2D eigenvalue weighted by Crippen LogP contribution is 2.23. The van der Waals surface area contributed by atoms with Gasteiger partial charge in [0.1, 0.15) is 0 Å². The minimum Gasteiger partial charge on any atom is -0.336 e. The number of hydrogen-bond donors (Lipinski definition) is 2. The predicted molar refractivity (Wildman–Crippen MR) is 83.3 cm³/mol. The number of rotatable bonds is 4. The largest absolute Gasteiger partial charge is 0.336 e. The van der Waals surface area contributed by atoms with Gasteiger partial charge in [-0.1, -0.05) is 6.07 Å². The molecular weight excluding hydrogens is 302 g/mol. The lowest BCUT2D eigenvalue weighted by atomic mass is 10.1. The Bertz CT molecular complexity index is 677. The van der Waals surface area contributed by atoms with Crippen LogP contribution in [0.5, 0.6) is 0 Å². The van der Waals surface area contributed by atoms with Crippen LogP contribution in [0.2, 0.25) is 0 Å². The van der Waals surface area contributed by atoms with Crippen molar-refractivity contribution in [3.8, 4) is 0 Å². The molecule has 0 aromatic heterocycles. The summed E-state index contributed by atoms with van der Waals surface area (Å²) in [5, 5.41) is 3.20. The van der Waals surface area contributed by atoms with Gasteiger partial charge in [-0.05, 0) is 37.5 Å². The van der Waals surface area contributed by atoms with Gasteiger partial charge in [0.25, 0.3) is 5.91 Å². The van der Waals surface area contributed by atoms with E-state index in [1.807, 2.05) is 6.92 Å². The number of piperazine rings is 1. The van der Waals surface area contributed by atoms with Crippen molar-refractivity contribution in [2.75, 3.05) is 26.2 Å². The van der Waals surface area contributed by atoms with Gasteiger partial charge in [-0.2, -0.15) is 0 Å². The van der Waals surface area contributed by atoms with Gasteiger partial charge in [0.15, 0.2) is 0 Å². The van der Waals surface area contributed by atoms with Crippen molar-refractivity contribution in [2.45, 2.75) is 30.7 Å². The molecule has 6 nitrogen and oxygen atoms in total. The maximum atomic E-state index is 12.6. The Morgan fingerprint density at radius 3 is 2.59 bits per heavy atom. The van der Waals surface area contributed by atoms with E-state index in [1.165, 1.54) is 6.07 Å². The Kier molecular flexibility index (Phi) is 4.20. The monoisotopic (exact) mass is 323 g/mol. The fourth-order valence-electron chi connectivity index (χ4n) is 2.53. The zero-order valence-electron chi connectivity index (χ0n) is 12.6. The third-order valence-electron chi connectivity index (χ3n) is 4.05. The molecule has 1 aliphatic carbocycles. The number of nitrogens with zero attached hydrogens (tertiary/aromatic N) is 1. The van der Waals surface area contributed by atoms with Crippen LogP contribution in [0.3, 0.4) is 0 Å². The first-order chi connectivity index (χ1) is 10.5. The van der Waals surface area contributed by atoms with Gasteiger partial charge in [-0.3, -0.25) is 4.79 Å². The van der Waals surface area contributed by atoms with Gasteiger partial charge in [0.05, 0.1) is 4.90 Å². The highest BCUT2D eigenvalue weighted by Gasteiger charge is 2.29. The second kappa shape index (κ2) is 5.98. The van der Waals surface area contributed by atoms with Crippen LogP contribution in [0.1, 0.15) is 28.8 Å². The Hall–Kier alpha value is -1.44. The Balaban J connectivity index is 1.87. The number of hydrogen-bond acceptors (Lipinski definition) is 4. The highest BCUT2D eigenvalue weighted by molar-refractivity contribution is 7.89. The van der Waals surface area contributed by atoms with Crippen LogP contribution in [-0.2, 0) is 10.0 Å². The second-order valence-corrected chi connectivity index (χ2v) is 7.63. The van der Waals surface area contributed by atoms with Gasteiger partial charge in [0, 0.05) is 37.8 Å². The molecule has 1 aromatic carbocycles.